The molecule has 2 heterocycles. The van der Waals surface area contributed by atoms with Crippen molar-refractivity contribution >= 4 is 29.9 Å². The molecule has 9 heteroatoms. The Balaban J connectivity index is 0.00000261. The lowest BCUT2D eigenvalue weighted by atomic mass is 10.1. The summed E-state index contributed by atoms with van der Waals surface area (Å²) in [5, 5.41) is 14.7. The molecule has 1 aliphatic heterocycles. The molecule has 148 valence electrons. The van der Waals surface area contributed by atoms with E-state index in [1.165, 1.54) is 5.56 Å². The van der Waals surface area contributed by atoms with E-state index in [2.05, 4.69) is 50.3 Å². The molecule has 1 aromatic heterocycles. The first-order valence-corrected chi connectivity index (χ1v) is 9.07. The minimum absolute atomic E-state index is 0. The summed E-state index contributed by atoms with van der Waals surface area (Å²) in [6.45, 7) is 7.53. The largest absolute Gasteiger partial charge is 0.454 e. The van der Waals surface area contributed by atoms with E-state index in [1.54, 1.807) is 6.33 Å². The molecule has 0 saturated heterocycles. The molecule has 1 aliphatic rings. The summed E-state index contributed by atoms with van der Waals surface area (Å²) in [5.74, 6) is 3.45. The van der Waals surface area contributed by atoms with Gasteiger partial charge in [-0.2, -0.15) is 0 Å². The minimum Gasteiger partial charge on any atom is -0.454 e. The molecule has 0 amide bonds. The maximum Gasteiger partial charge on any atom is 0.231 e. The SMILES string of the molecule is CCNC(=NCCc1ccc2c(c1)OCO2)NCCn1cnnc1CC.I. The third kappa shape index (κ3) is 5.98. The molecule has 2 aromatic rings. The van der Waals surface area contributed by atoms with Gasteiger partial charge >= 0.3 is 0 Å². The average molecular weight is 486 g/mol. The second-order valence-corrected chi connectivity index (χ2v) is 5.92. The molecule has 0 atom stereocenters. The van der Waals surface area contributed by atoms with Gasteiger partial charge in [0.25, 0.3) is 0 Å². The number of nitrogens with zero attached hydrogens (tertiary/aromatic N) is 4. The van der Waals surface area contributed by atoms with Gasteiger partial charge in [-0.3, -0.25) is 4.99 Å². The molecule has 8 nitrogen and oxygen atoms in total. The van der Waals surface area contributed by atoms with E-state index in [1.807, 2.05) is 12.1 Å². The molecule has 0 aliphatic carbocycles. The van der Waals surface area contributed by atoms with Gasteiger partial charge in [-0.05, 0) is 31.0 Å². The number of aliphatic imine (C=N–C) groups is 1. The van der Waals surface area contributed by atoms with Crippen molar-refractivity contribution in [2.75, 3.05) is 26.4 Å². The standard InChI is InChI=1S/C18H26N6O2.HI/c1-3-17-23-22-12-24(17)10-9-21-18(19-4-2)20-8-7-14-5-6-15-16(11-14)26-13-25-15;/h5-6,11-12H,3-4,7-10,13H2,1-2H3,(H2,19,20,21);1H. The Bertz CT molecular complexity index is 749. The number of guanidine groups is 1. The highest BCUT2D eigenvalue weighted by Gasteiger charge is 2.12. The van der Waals surface area contributed by atoms with Crippen molar-refractivity contribution < 1.29 is 9.47 Å². The van der Waals surface area contributed by atoms with Crippen LogP contribution < -0.4 is 20.1 Å². The van der Waals surface area contributed by atoms with E-state index in [0.29, 0.717) is 13.3 Å². The van der Waals surface area contributed by atoms with Gasteiger partial charge in [0, 0.05) is 32.6 Å². The molecule has 3 rings (SSSR count). The summed E-state index contributed by atoms with van der Waals surface area (Å²) >= 11 is 0. The molecule has 0 spiro atoms. The van der Waals surface area contributed by atoms with Crippen LogP contribution in [0, 0.1) is 0 Å². The van der Waals surface area contributed by atoms with E-state index in [9.17, 15) is 0 Å². The maximum absolute atomic E-state index is 5.42. The number of hydrogen-bond donors (Lipinski definition) is 2. The molecule has 1 aromatic carbocycles. The van der Waals surface area contributed by atoms with Crippen LogP contribution in [0.15, 0.2) is 29.5 Å². The van der Waals surface area contributed by atoms with E-state index >= 15 is 0 Å². The Labute approximate surface area is 176 Å². The van der Waals surface area contributed by atoms with Crippen LogP contribution >= 0.6 is 24.0 Å². The first-order chi connectivity index (χ1) is 12.8. The Morgan fingerprint density at radius 1 is 1.22 bits per heavy atom. The predicted molar refractivity (Wildman–Crippen MR) is 115 cm³/mol. The molecule has 0 unspecified atom stereocenters. The van der Waals surface area contributed by atoms with Gasteiger partial charge in [0.2, 0.25) is 6.79 Å². The zero-order valence-electron chi connectivity index (χ0n) is 15.8. The van der Waals surface area contributed by atoms with Gasteiger partial charge in [-0.1, -0.05) is 13.0 Å². The van der Waals surface area contributed by atoms with Crippen molar-refractivity contribution in [2.45, 2.75) is 33.2 Å². The summed E-state index contributed by atoms with van der Waals surface area (Å²) in [5.41, 5.74) is 1.19. The summed E-state index contributed by atoms with van der Waals surface area (Å²) in [7, 11) is 0. The first-order valence-electron chi connectivity index (χ1n) is 9.07. The average Bonchev–Trinajstić information content (AvgIpc) is 3.30. The summed E-state index contributed by atoms with van der Waals surface area (Å²) in [6.07, 6.45) is 3.49. The van der Waals surface area contributed by atoms with Crippen molar-refractivity contribution in [3.8, 4) is 11.5 Å². The Morgan fingerprint density at radius 3 is 2.89 bits per heavy atom. The third-order valence-electron chi connectivity index (χ3n) is 4.11. The number of nitrogens with one attached hydrogen (secondary N) is 2. The Kier molecular flexibility index (Phi) is 8.62. The monoisotopic (exact) mass is 486 g/mol. The molecule has 2 N–H and O–H groups in total. The van der Waals surface area contributed by atoms with Crippen molar-refractivity contribution in [2.24, 2.45) is 4.99 Å². The second-order valence-electron chi connectivity index (χ2n) is 5.92. The van der Waals surface area contributed by atoms with Crippen molar-refractivity contribution in [1.29, 1.82) is 0 Å². The van der Waals surface area contributed by atoms with E-state index in [4.69, 9.17) is 9.47 Å². The normalized spacial score (nSPS) is 12.6. The Morgan fingerprint density at radius 2 is 2.07 bits per heavy atom. The second kappa shape index (κ2) is 11.0. The van der Waals surface area contributed by atoms with Gasteiger partial charge in [-0.15, -0.1) is 34.2 Å². The number of aromatic nitrogens is 3. The molecule has 27 heavy (non-hydrogen) atoms. The summed E-state index contributed by atoms with van der Waals surface area (Å²) in [4.78, 5) is 4.65. The van der Waals surface area contributed by atoms with Gasteiger partial charge in [0.15, 0.2) is 17.5 Å². The molecular weight excluding hydrogens is 459 g/mol. The molecular formula is C18H27IN6O2. The number of rotatable bonds is 8. The fraction of sp³-hybridized carbons (Fsp3) is 0.500. The lowest BCUT2D eigenvalue weighted by molar-refractivity contribution is 0.174. The van der Waals surface area contributed by atoms with Crippen molar-refractivity contribution in [3.05, 3.63) is 35.9 Å². The van der Waals surface area contributed by atoms with Crippen LogP contribution in [0.5, 0.6) is 11.5 Å². The van der Waals surface area contributed by atoms with Gasteiger partial charge in [-0.25, -0.2) is 0 Å². The number of hydrogen-bond acceptors (Lipinski definition) is 5. The fourth-order valence-electron chi connectivity index (χ4n) is 2.77. The molecule has 0 fully saturated rings. The molecule has 0 saturated carbocycles. The summed E-state index contributed by atoms with van der Waals surface area (Å²) in [6, 6.07) is 6.04. The highest BCUT2D eigenvalue weighted by Crippen LogP contribution is 2.32. The Hall–Kier alpha value is -2.04. The molecule has 0 bridgehead atoms. The fourth-order valence-corrected chi connectivity index (χ4v) is 2.77. The highest BCUT2D eigenvalue weighted by molar-refractivity contribution is 14.0. The van der Waals surface area contributed by atoms with Gasteiger partial charge < -0.3 is 24.7 Å². The number of fused-ring (bicyclic) bond motifs is 1. The third-order valence-corrected chi connectivity index (χ3v) is 4.11. The van der Waals surface area contributed by atoms with Crippen LogP contribution in [0.2, 0.25) is 0 Å². The predicted octanol–water partition coefficient (Wildman–Crippen LogP) is 1.98. The zero-order chi connectivity index (χ0) is 18.2. The lowest BCUT2D eigenvalue weighted by Gasteiger charge is -2.12. The van der Waals surface area contributed by atoms with E-state index < -0.39 is 0 Å². The topological polar surface area (TPSA) is 85.6 Å². The van der Waals surface area contributed by atoms with Gasteiger partial charge in [0.1, 0.15) is 12.2 Å². The number of halogens is 1. The number of benzene rings is 1. The first kappa shape index (κ1) is 21.3. The number of aryl methyl sites for hydroxylation is 1. The number of ether oxygens (including phenoxy) is 2. The quantitative estimate of drug-likeness (QED) is 0.337. The minimum atomic E-state index is 0. The highest BCUT2D eigenvalue weighted by atomic mass is 127. The summed E-state index contributed by atoms with van der Waals surface area (Å²) < 4.78 is 12.8. The van der Waals surface area contributed by atoms with Crippen molar-refractivity contribution in [1.82, 2.24) is 25.4 Å². The lowest BCUT2D eigenvalue weighted by Crippen LogP contribution is -2.39. The smallest absolute Gasteiger partial charge is 0.231 e. The van der Waals surface area contributed by atoms with Crippen LogP contribution in [0.4, 0.5) is 0 Å². The van der Waals surface area contributed by atoms with Crippen LogP contribution in [0.25, 0.3) is 0 Å². The van der Waals surface area contributed by atoms with E-state index in [-0.39, 0.29) is 24.0 Å². The van der Waals surface area contributed by atoms with Gasteiger partial charge in [0.05, 0.1) is 0 Å². The van der Waals surface area contributed by atoms with Crippen LogP contribution in [-0.2, 0) is 19.4 Å². The van der Waals surface area contributed by atoms with Crippen LogP contribution in [0.1, 0.15) is 25.2 Å². The van der Waals surface area contributed by atoms with Crippen LogP contribution in [-0.4, -0.2) is 47.2 Å². The maximum atomic E-state index is 5.42. The van der Waals surface area contributed by atoms with Crippen LogP contribution in [0.3, 0.4) is 0 Å². The van der Waals surface area contributed by atoms with E-state index in [0.717, 1.165) is 55.8 Å². The molecule has 0 radical (unpaired) electrons. The zero-order valence-corrected chi connectivity index (χ0v) is 18.1. The van der Waals surface area contributed by atoms with Crippen molar-refractivity contribution in [3.63, 3.8) is 0 Å².